The highest BCUT2D eigenvalue weighted by Crippen LogP contribution is 2.30. The molecule has 0 saturated carbocycles. The summed E-state index contributed by atoms with van der Waals surface area (Å²) in [5.74, 6) is 0.138. The van der Waals surface area contributed by atoms with Gasteiger partial charge in [0.2, 0.25) is 5.91 Å². The van der Waals surface area contributed by atoms with E-state index in [4.69, 9.17) is 0 Å². The van der Waals surface area contributed by atoms with E-state index in [0.717, 1.165) is 38.6 Å². The molecule has 20 heavy (non-hydrogen) atoms. The number of aryl methyl sites for hydroxylation is 1. The van der Waals surface area contributed by atoms with Gasteiger partial charge in [0, 0.05) is 18.3 Å². The summed E-state index contributed by atoms with van der Waals surface area (Å²) in [5.41, 5.74) is 2.06. The highest BCUT2D eigenvalue weighted by molar-refractivity contribution is 5.86. The fraction of sp³-hybridized carbons (Fsp3) is 0.733. The van der Waals surface area contributed by atoms with Gasteiger partial charge < -0.3 is 10.6 Å². The Morgan fingerprint density at radius 2 is 2.35 bits per heavy atom. The van der Waals surface area contributed by atoms with Gasteiger partial charge >= 0.3 is 0 Å². The first-order valence-electron chi connectivity index (χ1n) is 7.67. The van der Waals surface area contributed by atoms with Crippen molar-refractivity contribution in [2.75, 3.05) is 6.54 Å². The molecular weight excluding hydrogens is 252 g/mol. The number of hydrogen-bond donors (Lipinski definition) is 2. The van der Waals surface area contributed by atoms with Crippen molar-refractivity contribution in [1.82, 2.24) is 20.4 Å². The van der Waals surface area contributed by atoms with Crippen molar-refractivity contribution in [3.8, 4) is 0 Å². The number of aromatic nitrogens is 2. The molecule has 1 saturated heterocycles. The summed E-state index contributed by atoms with van der Waals surface area (Å²) in [4.78, 5) is 12.6. The predicted molar refractivity (Wildman–Crippen MR) is 77.3 cm³/mol. The Morgan fingerprint density at radius 3 is 3.10 bits per heavy atom. The zero-order valence-corrected chi connectivity index (χ0v) is 12.4. The molecule has 3 rings (SSSR count). The minimum atomic E-state index is -0.405. The Morgan fingerprint density at radius 1 is 1.50 bits per heavy atom. The van der Waals surface area contributed by atoms with Crippen molar-refractivity contribution in [3.63, 3.8) is 0 Å². The largest absolute Gasteiger partial charge is 0.348 e. The van der Waals surface area contributed by atoms with Gasteiger partial charge in [0.1, 0.15) is 0 Å². The molecule has 2 atom stereocenters. The Bertz CT molecular complexity index is 502. The Kier molecular flexibility index (Phi) is 3.54. The van der Waals surface area contributed by atoms with Gasteiger partial charge in [-0.2, -0.15) is 5.10 Å². The molecule has 1 aromatic heterocycles. The van der Waals surface area contributed by atoms with Gasteiger partial charge in [-0.3, -0.25) is 9.48 Å². The lowest BCUT2D eigenvalue weighted by molar-refractivity contribution is -0.128. The van der Waals surface area contributed by atoms with Crippen LogP contribution in [0.2, 0.25) is 0 Å². The molecule has 1 aliphatic carbocycles. The summed E-state index contributed by atoms with van der Waals surface area (Å²) in [6, 6.07) is 0.125. The van der Waals surface area contributed by atoms with Crippen LogP contribution in [0, 0.1) is 0 Å². The van der Waals surface area contributed by atoms with Crippen LogP contribution in [0.3, 0.4) is 0 Å². The normalized spacial score (nSPS) is 29.8. The van der Waals surface area contributed by atoms with E-state index >= 15 is 0 Å². The van der Waals surface area contributed by atoms with E-state index in [1.807, 2.05) is 24.9 Å². The molecule has 0 radical (unpaired) electrons. The van der Waals surface area contributed by atoms with Gasteiger partial charge in [-0.1, -0.05) is 0 Å². The van der Waals surface area contributed by atoms with Crippen LogP contribution < -0.4 is 10.6 Å². The van der Waals surface area contributed by atoms with Crippen LogP contribution in [-0.4, -0.2) is 27.8 Å². The van der Waals surface area contributed by atoms with Gasteiger partial charge in [0.15, 0.2) is 0 Å². The molecule has 0 aromatic carbocycles. The number of nitrogens with one attached hydrogen (secondary N) is 2. The second-order valence-electron chi connectivity index (χ2n) is 6.30. The monoisotopic (exact) mass is 276 g/mol. The smallest absolute Gasteiger partial charge is 0.240 e. The Hall–Kier alpha value is -1.36. The molecule has 2 aliphatic rings. The van der Waals surface area contributed by atoms with Crippen LogP contribution in [0.1, 0.15) is 56.3 Å². The zero-order valence-electron chi connectivity index (χ0n) is 12.4. The number of carbonyl (C=O) groups is 1. The van der Waals surface area contributed by atoms with Crippen LogP contribution >= 0.6 is 0 Å². The molecule has 0 spiro atoms. The number of carbonyl (C=O) groups excluding carboxylic acids is 1. The van der Waals surface area contributed by atoms with Crippen LogP contribution in [-0.2, 0) is 18.3 Å². The van der Waals surface area contributed by atoms with E-state index < -0.39 is 5.54 Å². The van der Waals surface area contributed by atoms with E-state index in [-0.39, 0.29) is 11.9 Å². The van der Waals surface area contributed by atoms with Gasteiger partial charge in [0.05, 0.1) is 17.8 Å². The van der Waals surface area contributed by atoms with E-state index in [9.17, 15) is 4.79 Å². The first-order chi connectivity index (χ1) is 9.60. The molecule has 5 heteroatoms. The fourth-order valence-corrected chi connectivity index (χ4v) is 3.42. The SMILES string of the molecule is Cn1ncc2c1CCCC2NC(=O)C1(C)CCCCN1. The third-order valence-corrected chi connectivity index (χ3v) is 4.80. The van der Waals surface area contributed by atoms with Gasteiger partial charge in [-0.25, -0.2) is 0 Å². The minimum absolute atomic E-state index is 0.125. The van der Waals surface area contributed by atoms with Crippen molar-refractivity contribution >= 4 is 5.91 Å². The molecule has 110 valence electrons. The van der Waals surface area contributed by atoms with Crippen molar-refractivity contribution in [1.29, 1.82) is 0 Å². The average Bonchev–Trinajstić information content (AvgIpc) is 2.83. The van der Waals surface area contributed by atoms with Crippen molar-refractivity contribution in [2.24, 2.45) is 7.05 Å². The summed E-state index contributed by atoms with van der Waals surface area (Å²) in [5, 5.41) is 11.0. The maximum absolute atomic E-state index is 12.6. The zero-order chi connectivity index (χ0) is 14.2. The lowest BCUT2D eigenvalue weighted by atomic mass is 9.88. The summed E-state index contributed by atoms with van der Waals surface area (Å²) < 4.78 is 1.94. The van der Waals surface area contributed by atoms with E-state index in [0.29, 0.717) is 0 Å². The lowest BCUT2D eigenvalue weighted by Gasteiger charge is -2.35. The van der Waals surface area contributed by atoms with Crippen molar-refractivity contribution in [3.05, 3.63) is 17.5 Å². The molecule has 1 amide bonds. The van der Waals surface area contributed by atoms with Gasteiger partial charge in [-0.15, -0.1) is 0 Å². The van der Waals surface area contributed by atoms with E-state index in [1.54, 1.807) is 0 Å². The number of piperidine rings is 1. The fourth-order valence-electron chi connectivity index (χ4n) is 3.42. The van der Waals surface area contributed by atoms with E-state index in [1.165, 1.54) is 17.7 Å². The third kappa shape index (κ3) is 2.35. The molecule has 0 bridgehead atoms. The minimum Gasteiger partial charge on any atom is -0.348 e. The topological polar surface area (TPSA) is 59.0 Å². The number of amides is 1. The van der Waals surface area contributed by atoms with Gasteiger partial charge in [0.25, 0.3) is 0 Å². The average molecular weight is 276 g/mol. The second-order valence-corrected chi connectivity index (χ2v) is 6.30. The quantitative estimate of drug-likeness (QED) is 0.859. The van der Waals surface area contributed by atoms with Crippen LogP contribution in [0.15, 0.2) is 6.20 Å². The number of rotatable bonds is 2. The maximum atomic E-state index is 12.6. The molecule has 1 aromatic rings. The van der Waals surface area contributed by atoms with Crippen molar-refractivity contribution in [2.45, 2.75) is 57.0 Å². The van der Waals surface area contributed by atoms with E-state index in [2.05, 4.69) is 15.7 Å². The molecular formula is C15H24N4O. The Balaban J connectivity index is 1.73. The highest BCUT2D eigenvalue weighted by Gasteiger charge is 2.36. The third-order valence-electron chi connectivity index (χ3n) is 4.80. The van der Waals surface area contributed by atoms with Crippen LogP contribution in [0.4, 0.5) is 0 Å². The van der Waals surface area contributed by atoms with Crippen molar-refractivity contribution < 1.29 is 4.79 Å². The summed E-state index contributed by atoms with van der Waals surface area (Å²) >= 11 is 0. The summed E-state index contributed by atoms with van der Waals surface area (Å²) in [7, 11) is 1.98. The number of fused-ring (bicyclic) bond motifs is 1. The summed E-state index contributed by atoms with van der Waals surface area (Å²) in [6.07, 6.45) is 8.32. The molecule has 1 aliphatic heterocycles. The molecule has 5 nitrogen and oxygen atoms in total. The van der Waals surface area contributed by atoms with Crippen LogP contribution in [0.5, 0.6) is 0 Å². The lowest BCUT2D eigenvalue weighted by Crippen LogP contribution is -2.57. The number of nitrogens with zero attached hydrogens (tertiary/aromatic N) is 2. The molecule has 2 N–H and O–H groups in total. The molecule has 2 unspecified atom stereocenters. The second kappa shape index (κ2) is 5.20. The van der Waals surface area contributed by atoms with Gasteiger partial charge in [-0.05, 0) is 52.0 Å². The maximum Gasteiger partial charge on any atom is 0.240 e. The standard InChI is InChI=1S/C15H24N4O/c1-15(8-3-4-9-16-15)14(20)18-12-6-5-7-13-11(12)10-17-19(13)2/h10,12,16H,3-9H2,1-2H3,(H,18,20). The number of hydrogen-bond acceptors (Lipinski definition) is 3. The first kappa shape index (κ1) is 13.6. The summed E-state index contributed by atoms with van der Waals surface area (Å²) in [6.45, 7) is 2.96. The molecule has 1 fully saturated rings. The highest BCUT2D eigenvalue weighted by atomic mass is 16.2. The molecule has 2 heterocycles. The predicted octanol–water partition coefficient (Wildman–Crippen LogP) is 1.45. The first-order valence-corrected chi connectivity index (χ1v) is 7.67. The Labute approximate surface area is 120 Å². The van der Waals surface area contributed by atoms with Crippen LogP contribution in [0.25, 0.3) is 0 Å².